The highest BCUT2D eigenvalue weighted by Crippen LogP contribution is 2.29. The standard InChI is InChI=1S/C19H22N2O3S2/c1-4-6-16(18-7-5-10-25-18)21-26(22,23)19-12-15(9-8-13(19)2)17-11-14(3)20-24-17/h5,7-12,16,21H,4,6H2,1-3H3. The number of aromatic nitrogens is 1. The molecule has 0 aliphatic rings. The third-order valence-electron chi connectivity index (χ3n) is 4.15. The van der Waals surface area contributed by atoms with E-state index in [4.69, 9.17) is 4.52 Å². The van der Waals surface area contributed by atoms with Gasteiger partial charge in [0.05, 0.1) is 16.6 Å². The molecule has 0 saturated heterocycles. The molecule has 0 saturated carbocycles. The molecule has 2 aromatic heterocycles. The van der Waals surface area contributed by atoms with Crippen LogP contribution in [-0.4, -0.2) is 13.6 Å². The van der Waals surface area contributed by atoms with Crippen molar-refractivity contribution in [3.63, 3.8) is 0 Å². The second kappa shape index (κ2) is 7.73. The Morgan fingerprint density at radius 2 is 2.04 bits per heavy atom. The zero-order chi connectivity index (χ0) is 18.7. The fourth-order valence-corrected chi connectivity index (χ4v) is 5.24. The van der Waals surface area contributed by atoms with Crippen LogP contribution in [0, 0.1) is 13.8 Å². The number of hydrogen-bond donors (Lipinski definition) is 1. The largest absolute Gasteiger partial charge is 0.356 e. The third-order valence-corrected chi connectivity index (χ3v) is 6.75. The molecule has 0 fully saturated rings. The molecule has 26 heavy (non-hydrogen) atoms. The van der Waals surface area contributed by atoms with Crippen LogP contribution >= 0.6 is 11.3 Å². The van der Waals surface area contributed by atoms with Gasteiger partial charge in [0.15, 0.2) is 5.76 Å². The van der Waals surface area contributed by atoms with E-state index in [-0.39, 0.29) is 10.9 Å². The highest BCUT2D eigenvalue weighted by molar-refractivity contribution is 7.89. The zero-order valence-corrected chi connectivity index (χ0v) is 16.7. The topological polar surface area (TPSA) is 72.2 Å². The van der Waals surface area contributed by atoms with E-state index in [2.05, 4.69) is 9.88 Å². The quantitative estimate of drug-likeness (QED) is 0.626. The zero-order valence-electron chi connectivity index (χ0n) is 15.0. The normalized spacial score (nSPS) is 13.0. The predicted octanol–water partition coefficient (Wildman–Crippen LogP) is 4.84. The van der Waals surface area contributed by atoms with E-state index in [1.807, 2.05) is 37.4 Å². The van der Waals surface area contributed by atoms with Crippen molar-refractivity contribution >= 4 is 21.4 Å². The Morgan fingerprint density at radius 1 is 1.23 bits per heavy atom. The molecule has 3 aromatic rings. The SMILES string of the molecule is CCCC(NS(=O)(=O)c1cc(-c2cc(C)no2)ccc1C)c1cccs1. The first-order valence-corrected chi connectivity index (χ1v) is 10.9. The van der Waals surface area contributed by atoms with Crippen LogP contribution in [0.2, 0.25) is 0 Å². The molecule has 138 valence electrons. The van der Waals surface area contributed by atoms with Crippen LogP contribution in [0.5, 0.6) is 0 Å². The van der Waals surface area contributed by atoms with Crippen molar-refractivity contribution in [3.05, 3.63) is 57.9 Å². The number of hydrogen-bond acceptors (Lipinski definition) is 5. The van der Waals surface area contributed by atoms with Gasteiger partial charge in [-0.25, -0.2) is 13.1 Å². The van der Waals surface area contributed by atoms with Crippen molar-refractivity contribution in [2.45, 2.75) is 44.6 Å². The molecule has 0 spiro atoms. The smallest absolute Gasteiger partial charge is 0.241 e. The number of benzene rings is 1. The molecule has 1 N–H and O–H groups in total. The average molecular weight is 391 g/mol. The van der Waals surface area contributed by atoms with Gasteiger partial charge in [-0.15, -0.1) is 11.3 Å². The second-order valence-corrected chi connectivity index (χ2v) is 8.95. The van der Waals surface area contributed by atoms with Gasteiger partial charge in [0, 0.05) is 16.5 Å². The minimum Gasteiger partial charge on any atom is -0.356 e. The first-order chi connectivity index (χ1) is 12.4. The minimum atomic E-state index is -3.67. The van der Waals surface area contributed by atoms with Gasteiger partial charge in [-0.2, -0.15) is 0 Å². The molecular weight excluding hydrogens is 368 g/mol. The van der Waals surface area contributed by atoms with Gasteiger partial charge in [0.2, 0.25) is 10.0 Å². The lowest BCUT2D eigenvalue weighted by atomic mass is 10.1. The van der Waals surface area contributed by atoms with E-state index in [1.54, 1.807) is 36.5 Å². The summed E-state index contributed by atoms with van der Waals surface area (Å²) in [4.78, 5) is 1.29. The first-order valence-electron chi connectivity index (χ1n) is 8.51. The van der Waals surface area contributed by atoms with Crippen LogP contribution in [0.15, 0.2) is 51.2 Å². The van der Waals surface area contributed by atoms with E-state index in [0.29, 0.717) is 16.9 Å². The Labute approximate surface area is 158 Å². The lowest BCUT2D eigenvalue weighted by molar-refractivity contribution is 0.427. The van der Waals surface area contributed by atoms with Crippen molar-refractivity contribution in [1.82, 2.24) is 9.88 Å². The Balaban J connectivity index is 1.95. The van der Waals surface area contributed by atoms with Crippen LogP contribution in [0.3, 0.4) is 0 Å². The van der Waals surface area contributed by atoms with Crippen molar-refractivity contribution < 1.29 is 12.9 Å². The Morgan fingerprint density at radius 3 is 2.65 bits per heavy atom. The number of rotatable bonds is 7. The van der Waals surface area contributed by atoms with Gasteiger partial charge in [0.25, 0.3) is 0 Å². The molecule has 1 unspecified atom stereocenters. The number of nitrogens with one attached hydrogen (secondary N) is 1. The molecule has 2 heterocycles. The number of aryl methyl sites for hydroxylation is 2. The van der Waals surface area contributed by atoms with Crippen LogP contribution in [0.1, 0.15) is 41.9 Å². The van der Waals surface area contributed by atoms with Crippen LogP contribution in [0.4, 0.5) is 0 Å². The van der Waals surface area contributed by atoms with Gasteiger partial charge >= 0.3 is 0 Å². The van der Waals surface area contributed by atoms with E-state index >= 15 is 0 Å². The predicted molar refractivity (Wildman–Crippen MR) is 104 cm³/mol. The summed E-state index contributed by atoms with van der Waals surface area (Å²) in [5.74, 6) is 0.558. The van der Waals surface area contributed by atoms with Crippen LogP contribution in [0.25, 0.3) is 11.3 Å². The van der Waals surface area contributed by atoms with Crippen LogP contribution in [-0.2, 0) is 10.0 Å². The lowest BCUT2D eigenvalue weighted by Crippen LogP contribution is -2.28. The number of thiophene rings is 1. The Hall–Kier alpha value is -1.96. The summed E-state index contributed by atoms with van der Waals surface area (Å²) in [6, 6.07) is 10.8. The molecule has 0 radical (unpaired) electrons. The monoisotopic (exact) mass is 390 g/mol. The van der Waals surface area contributed by atoms with E-state index in [9.17, 15) is 8.42 Å². The van der Waals surface area contributed by atoms with Gasteiger partial charge in [-0.3, -0.25) is 0 Å². The van der Waals surface area contributed by atoms with Crippen LogP contribution < -0.4 is 4.72 Å². The molecule has 0 amide bonds. The maximum atomic E-state index is 13.1. The van der Waals surface area contributed by atoms with E-state index < -0.39 is 10.0 Å². The summed E-state index contributed by atoms with van der Waals surface area (Å²) in [6.45, 7) is 5.67. The summed E-state index contributed by atoms with van der Waals surface area (Å²) in [7, 11) is -3.67. The fraction of sp³-hybridized carbons (Fsp3) is 0.316. The number of nitrogens with zero attached hydrogens (tertiary/aromatic N) is 1. The molecule has 0 aliphatic heterocycles. The first kappa shape index (κ1) is 18.8. The third kappa shape index (κ3) is 4.06. The van der Waals surface area contributed by atoms with E-state index in [1.165, 1.54) is 0 Å². The maximum absolute atomic E-state index is 13.1. The molecule has 3 rings (SSSR count). The van der Waals surface area contributed by atoms with Crippen molar-refractivity contribution in [3.8, 4) is 11.3 Å². The molecule has 0 aliphatic carbocycles. The Kier molecular flexibility index (Phi) is 5.60. The molecule has 1 aromatic carbocycles. The Bertz CT molecular complexity index is 976. The molecule has 7 heteroatoms. The van der Waals surface area contributed by atoms with Crippen molar-refractivity contribution in [2.24, 2.45) is 0 Å². The molecule has 0 bridgehead atoms. The highest BCUT2D eigenvalue weighted by Gasteiger charge is 2.24. The van der Waals surface area contributed by atoms with Crippen molar-refractivity contribution in [2.75, 3.05) is 0 Å². The molecule has 5 nitrogen and oxygen atoms in total. The molecule has 1 atom stereocenters. The van der Waals surface area contributed by atoms with Crippen molar-refractivity contribution in [1.29, 1.82) is 0 Å². The average Bonchev–Trinajstić information content (AvgIpc) is 3.26. The summed E-state index contributed by atoms with van der Waals surface area (Å²) in [5.41, 5.74) is 2.14. The van der Waals surface area contributed by atoms with Gasteiger partial charge < -0.3 is 4.52 Å². The lowest BCUT2D eigenvalue weighted by Gasteiger charge is -2.18. The summed E-state index contributed by atoms with van der Waals surface area (Å²) < 4.78 is 34.3. The minimum absolute atomic E-state index is 0.222. The summed E-state index contributed by atoms with van der Waals surface area (Å²) in [6.07, 6.45) is 1.64. The number of sulfonamides is 1. The fourth-order valence-electron chi connectivity index (χ4n) is 2.83. The summed E-state index contributed by atoms with van der Waals surface area (Å²) >= 11 is 1.56. The molecular formula is C19H22N2O3S2. The van der Waals surface area contributed by atoms with Gasteiger partial charge in [0.1, 0.15) is 0 Å². The van der Waals surface area contributed by atoms with Gasteiger partial charge in [-0.05, 0) is 43.3 Å². The maximum Gasteiger partial charge on any atom is 0.241 e. The highest BCUT2D eigenvalue weighted by atomic mass is 32.2. The van der Waals surface area contributed by atoms with Gasteiger partial charge in [-0.1, -0.05) is 36.7 Å². The van der Waals surface area contributed by atoms with E-state index in [0.717, 1.165) is 23.4 Å². The second-order valence-electron chi connectivity index (χ2n) is 6.29. The summed E-state index contributed by atoms with van der Waals surface area (Å²) in [5, 5.41) is 5.84.